The number of rotatable bonds is 10. The molecule has 0 aromatic carbocycles. The summed E-state index contributed by atoms with van der Waals surface area (Å²) in [6.45, 7) is 8.54. The summed E-state index contributed by atoms with van der Waals surface area (Å²) in [6.07, 6.45) is 5.52. The third-order valence-electron chi connectivity index (χ3n) is 3.75. The fraction of sp³-hybridized carbons (Fsp3) is 0.706. The summed E-state index contributed by atoms with van der Waals surface area (Å²) >= 11 is 1.91. The molecule has 120 valence electrons. The first-order valence-corrected chi connectivity index (χ1v) is 9.47. The summed E-state index contributed by atoms with van der Waals surface area (Å²) in [7, 11) is 2.18. The zero-order chi connectivity index (χ0) is 15.7. The molecule has 0 aliphatic carbocycles. The maximum atomic E-state index is 4.87. The maximum absolute atomic E-state index is 4.87. The molecule has 0 bridgehead atoms. The van der Waals surface area contributed by atoms with Gasteiger partial charge < -0.3 is 10.2 Å². The number of nitrogens with one attached hydrogen (secondary N) is 1. The predicted octanol–water partition coefficient (Wildman–Crippen LogP) is 3.72. The highest BCUT2D eigenvalue weighted by atomic mass is 32.2. The Balaban J connectivity index is 2.99. The lowest BCUT2D eigenvalue weighted by molar-refractivity contribution is 0.661. The number of hydrogen-bond acceptors (Lipinski definition) is 4. The van der Waals surface area contributed by atoms with E-state index in [1.165, 1.54) is 11.3 Å². The number of hydrogen-bond donors (Lipinski definition) is 1. The van der Waals surface area contributed by atoms with Crippen molar-refractivity contribution >= 4 is 17.6 Å². The van der Waals surface area contributed by atoms with E-state index in [-0.39, 0.29) is 0 Å². The quantitative estimate of drug-likeness (QED) is 0.713. The third-order valence-corrected chi connectivity index (χ3v) is 4.47. The maximum Gasteiger partial charge on any atom is 0.129 e. The number of nitrogens with zero attached hydrogens (tertiary/aromatic N) is 2. The third kappa shape index (κ3) is 5.87. The second-order valence-corrected chi connectivity index (χ2v) is 6.39. The lowest BCUT2D eigenvalue weighted by Crippen LogP contribution is -2.34. The average molecular weight is 310 g/mol. The highest BCUT2D eigenvalue weighted by Gasteiger charge is 2.15. The van der Waals surface area contributed by atoms with E-state index in [9.17, 15) is 0 Å². The summed E-state index contributed by atoms with van der Waals surface area (Å²) in [5, 5.41) is 3.42. The van der Waals surface area contributed by atoms with Crippen molar-refractivity contribution in [2.24, 2.45) is 0 Å². The van der Waals surface area contributed by atoms with Crippen LogP contribution >= 0.6 is 11.8 Å². The van der Waals surface area contributed by atoms with Gasteiger partial charge in [0.25, 0.3) is 0 Å². The van der Waals surface area contributed by atoms with Crippen LogP contribution in [0.4, 0.5) is 5.82 Å². The van der Waals surface area contributed by atoms with E-state index in [1.807, 2.05) is 11.8 Å². The summed E-state index contributed by atoms with van der Waals surface area (Å²) in [6, 6.07) is 5.04. The first kappa shape index (κ1) is 18.3. The Morgan fingerprint density at radius 1 is 1.29 bits per heavy atom. The molecule has 0 saturated carbocycles. The average Bonchev–Trinajstić information content (AvgIpc) is 2.50. The standard InChI is InChI=1S/C17H31N3S/c1-6-9-15-10-14(12-18-8-3)11-17(19-15)20(4)16(7-2)13-21-5/h10-11,16,18H,6-9,12-13H2,1-5H3. The van der Waals surface area contributed by atoms with Gasteiger partial charge in [-0.1, -0.05) is 27.2 Å². The van der Waals surface area contributed by atoms with Gasteiger partial charge in [0.15, 0.2) is 0 Å². The van der Waals surface area contributed by atoms with Gasteiger partial charge in [-0.3, -0.25) is 0 Å². The van der Waals surface area contributed by atoms with E-state index in [0.717, 1.165) is 43.9 Å². The SMILES string of the molecule is CCCc1cc(CNCC)cc(N(C)C(CC)CSC)n1. The van der Waals surface area contributed by atoms with Gasteiger partial charge in [-0.05, 0) is 43.3 Å². The van der Waals surface area contributed by atoms with E-state index < -0.39 is 0 Å². The number of aryl methyl sites for hydroxylation is 1. The Morgan fingerprint density at radius 2 is 2.05 bits per heavy atom. The van der Waals surface area contributed by atoms with Crippen LogP contribution in [0.1, 0.15) is 44.9 Å². The molecule has 3 nitrogen and oxygen atoms in total. The molecule has 1 aromatic heterocycles. The summed E-state index contributed by atoms with van der Waals surface area (Å²) < 4.78 is 0. The van der Waals surface area contributed by atoms with Crippen LogP contribution in [0.15, 0.2) is 12.1 Å². The van der Waals surface area contributed by atoms with Crippen molar-refractivity contribution in [2.45, 2.75) is 52.6 Å². The Labute approximate surface area is 134 Å². The smallest absolute Gasteiger partial charge is 0.129 e. The molecule has 0 amide bonds. The van der Waals surface area contributed by atoms with Gasteiger partial charge in [0.05, 0.1) is 0 Å². The Kier molecular flexibility index (Phi) is 8.77. The molecule has 1 aromatic rings. The second-order valence-electron chi connectivity index (χ2n) is 5.48. The summed E-state index contributed by atoms with van der Waals surface area (Å²) in [5.74, 6) is 2.27. The lowest BCUT2D eigenvalue weighted by Gasteiger charge is -2.28. The zero-order valence-electron chi connectivity index (χ0n) is 14.3. The van der Waals surface area contributed by atoms with Crippen molar-refractivity contribution in [3.05, 3.63) is 23.4 Å². The Bertz CT molecular complexity index is 409. The van der Waals surface area contributed by atoms with Crippen LogP contribution in [0.25, 0.3) is 0 Å². The molecule has 0 fully saturated rings. The topological polar surface area (TPSA) is 28.2 Å². The van der Waals surface area contributed by atoms with Crippen LogP contribution in [0.2, 0.25) is 0 Å². The molecule has 1 N–H and O–H groups in total. The van der Waals surface area contributed by atoms with Crippen molar-refractivity contribution in [3.8, 4) is 0 Å². The lowest BCUT2D eigenvalue weighted by atomic mass is 10.1. The number of anilines is 1. The highest BCUT2D eigenvalue weighted by molar-refractivity contribution is 7.98. The van der Waals surface area contributed by atoms with Gasteiger partial charge in [-0.15, -0.1) is 0 Å². The van der Waals surface area contributed by atoms with E-state index >= 15 is 0 Å². The van der Waals surface area contributed by atoms with Gasteiger partial charge in [0.1, 0.15) is 5.82 Å². The summed E-state index contributed by atoms with van der Waals surface area (Å²) in [5.41, 5.74) is 2.56. The summed E-state index contributed by atoms with van der Waals surface area (Å²) in [4.78, 5) is 7.22. The van der Waals surface area contributed by atoms with Crippen LogP contribution in [0, 0.1) is 0 Å². The Hall–Kier alpha value is -0.740. The molecule has 4 heteroatoms. The molecular weight excluding hydrogens is 278 g/mol. The van der Waals surface area contributed by atoms with Gasteiger partial charge in [0.2, 0.25) is 0 Å². The minimum Gasteiger partial charge on any atom is -0.356 e. The highest BCUT2D eigenvalue weighted by Crippen LogP contribution is 2.20. The van der Waals surface area contributed by atoms with E-state index in [4.69, 9.17) is 4.98 Å². The fourth-order valence-corrected chi connectivity index (χ4v) is 3.30. The number of aromatic nitrogens is 1. The largest absolute Gasteiger partial charge is 0.356 e. The zero-order valence-corrected chi connectivity index (χ0v) is 15.1. The normalized spacial score (nSPS) is 12.4. The molecule has 1 heterocycles. The van der Waals surface area contributed by atoms with Gasteiger partial charge >= 0.3 is 0 Å². The van der Waals surface area contributed by atoms with E-state index in [2.05, 4.69) is 56.4 Å². The Morgan fingerprint density at radius 3 is 2.62 bits per heavy atom. The molecule has 0 aliphatic rings. The molecular formula is C17H31N3S. The van der Waals surface area contributed by atoms with E-state index in [0.29, 0.717) is 6.04 Å². The first-order valence-electron chi connectivity index (χ1n) is 8.08. The van der Waals surface area contributed by atoms with Gasteiger partial charge in [0, 0.05) is 31.1 Å². The van der Waals surface area contributed by atoms with Crippen LogP contribution < -0.4 is 10.2 Å². The van der Waals surface area contributed by atoms with Gasteiger partial charge in [-0.25, -0.2) is 4.98 Å². The molecule has 1 rings (SSSR count). The van der Waals surface area contributed by atoms with Crippen LogP contribution in [-0.4, -0.2) is 36.6 Å². The molecule has 0 radical (unpaired) electrons. The van der Waals surface area contributed by atoms with E-state index in [1.54, 1.807) is 0 Å². The number of thioether (sulfide) groups is 1. The van der Waals surface area contributed by atoms with Crippen LogP contribution in [-0.2, 0) is 13.0 Å². The molecule has 0 aliphatic heterocycles. The fourth-order valence-electron chi connectivity index (χ4n) is 2.45. The van der Waals surface area contributed by atoms with Crippen molar-refractivity contribution < 1.29 is 0 Å². The minimum absolute atomic E-state index is 0.552. The second kappa shape index (κ2) is 10.1. The van der Waals surface area contributed by atoms with Crippen molar-refractivity contribution in [3.63, 3.8) is 0 Å². The van der Waals surface area contributed by atoms with Crippen LogP contribution in [0.5, 0.6) is 0 Å². The molecule has 1 atom stereocenters. The predicted molar refractivity (Wildman–Crippen MR) is 96.5 cm³/mol. The minimum atomic E-state index is 0.552. The monoisotopic (exact) mass is 309 g/mol. The first-order chi connectivity index (χ1) is 10.2. The van der Waals surface area contributed by atoms with Crippen molar-refractivity contribution in [1.29, 1.82) is 0 Å². The van der Waals surface area contributed by atoms with Crippen molar-refractivity contribution in [2.75, 3.05) is 30.5 Å². The number of pyridine rings is 1. The molecule has 0 spiro atoms. The molecule has 1 unspecified atom stereocenters. The van der Waals surface area contributed by atoms with Crippen LogP contribution in [0.3, 0.4) is 0 Å². The van der Waals surface area contributed by atoms with Gasteiger partial charge in [-0.2, -0.15) is 11.8 Å². The molecule has 21 heavy (non-hydrogen) atoms. The van der Waals surface area contributed by atoms with Crippen molar-refractivity contribution in [1.82, 2.24) is 10.3 Å². The molecule has 0 saturated heterocycles.